The Hall–Kier alpha value is -1.93. The van der Waals surface area contributed by atoms with Crippen LogP contribution in [0.3, 0.4) is 0 Å². The van der Waals surface area contributed by atoms with E-state index in [-0.39, 0.29) is 11.9 Å². The van der Waals surface area contributed by atoms with E-state index in [0.717, 1.165) is 31.5 Å². The summed E-state index contributed by atoms with van der Waals surface area (Å²) >= 11 is 0. The van der Waals surface area contributed by atoms with Gasteiger partial charge < -0.3 is 5.32 Å². The molecule has 0 aliphatic carbocycles. The molecular formula is C15H18FN3O. The number of nitriles is 1. The molecule has 0 atom stereocenters. The van der Waals surface area contributed by atoms with Gasteiger partial charge in [-0.1, -0.05) is 6.07 Å². The van der Waals surface area contributed by atoms with Crippen LogP contribution in [-0.2, 0) is 0 Å². The maximum absolute atomic E-state index is 13.2. The first-order chi connectivity index (χ1) is 9.60. The van der Waals surface area contributed by atoms with Crippen LogP contribution in [0.5, 0.6) is 0 Å². The van der Waals surface area contributed by atoms with Gasteiger partial charge in [0.05, 0.1) is 12.6 Å². The Morgan fingerprint density at radius 1 is 1.50 bits per heavy atom. The van der Waals surface area contributed by atoms with Crippen LogP contribution in [0.2, 0.25) is 0 Å². The smallest absolute Gasteiger partial charge is 0.251 e. The molecular weight excluding hydrogens is 257 g/mol. The van der Waals surface area contributed by atoms with Gasteiger partial charge in [0.15, 0.2) is 0 Å². The molecule has 0 bridgehead atoms. The standard InChI is InChI=1S/C15H18FN3O/c1-11-2-3-12(16)10-14(11)15(20)18-13-4-7-19(8-5-13)9-6-17/h2-3,10,13H,4-5,7-9H2,1H3,(H,18,20). The molecule has 1 heterocycles. The van der Waals surface area contributed by atoms with Gasteiger partial charge in [-0.25, -0.2) is 4.39 Å². The number of hydrogen-bond acceptors (Lipinski definition) is 3. The summed E-state index contributed by atoms with van der Waals surface area (Å²) in [6, 6.07) is 6.46. The van der Waals surface area contributed by atoms with Crippen LogP contribution < -0.4 is 5.32 Å². The lowest BCUT2D eigenvalue weighted by Crippen LogP contribution is -2.44. The van der Waals surface area contributed by atoms with Gasteiger partial charge in [-0.05, 0) is 37.5 Å². The highest BCUT2D eigenvalue weighted by atomic mass is 19.1. The third-order valence-electron chi connectivity index (χ3n) is 3.66. The number of nitrogens with zero attached hydrogens (tertiary/aromatic N) is 2. The summed E-state index contributed by atoms with van der Waals surface area (Å²) in [6.07, 6.45) is 1.64. The highest BCUT2D eigenvalue weighted by Crippen LogP contribution is 2.13. The van der Waals surface area contributed by atoms with E-state index in [9.17, 15) is 9.18 Å². The minimum Gasteiger partial charge on any atom is -0.349 e. The Kier molecular flexibility index (Phi) is 4.70. The fourth-order valence-electron chi connectivity index (χ4n) is 2.44. The normalized spacial score (nSPS) is 16.6. The topological polar surface area (TPSA) is 56.1 Å². The lowest BCUT2D eigenvalue weighted by atomic mass is 10.0. The first kappa shape index (κ1) is 14.5. The van der Waals surface area contributed by atoms with Crippen molar-refractivity contribution in [2.45, 2.75) is 25.8 Å². The van der Waals surface area contributed by atoms with Crippen molar-refractivity contribution < 1.29 is 9.18 Å². The van der Waals surface area contributed by atoms with E-state index in [0.29, 0.717) is 12.1 Å². The number of aryl methyl sites for hydroxylation is 1. The number of hydrogen-bond donors (Lipinski definition) is 1. The van der Waals surface area contributed by atoms with E-state index in [1.807, 2.05) is 0 Å². The molecule has 1 saturated heterocycles. The van der Waals surface area contributed by atoms with Gasteiger partial charge in [-0.2, -0.15) is 5.26 Å². The summed E-state index contributed by atoms with van der Waals surface area (Å²) in [5, 5.41) is 11.6. The molecule has 106 valence electrons. The summed E-state index contributed by atoms with van der Waals surface area (Å²) in [7, 11) is 0. The number of benzene rings is 1. The molecule has 0 radical (unpaired) electrons. The molecule has 0 saturated carbocycles. The zero-order chi connectivity index (χ0) is 14.5. The van der Waals surface area contributed by atoms with E-state index in [1.54, 1.807) is 13.0 Å². The van der Waals surface area contributed by atoms with Crippen molar-refractivity contribution in [2.24, 2.45) is 0 Å². The van der Waals surface area contributed by atoms with E-state index in [2.05, 4.69) is 16.3 Å². The minimum absolute atomic E-state index is 0.0973. The number of likely N-dealkylation sites (tertiary alicyclic amines) is 1. The van der Waals surface area contributed by atoms with Crippen molar-refractivity contribution in [1.29, 1.82) is 5.26 Å². The highest BCUT2D eigenvalue weighted by Gasteiger charge is 2.21. The zero-order valence-corrected chi connectivity index (χ0v) is 11.5. The number of nitrogens with one attached hydrogen (secondary N) is 1. The summed E-state index contributed by atoms with van der Waals surface area (Å²) in [6.45, 7) is 3.84. The molecule has 0 aromatic heterocycles. The second kappa shape index (κ2) is 6.49. The lowest BCUT2D eigenvalue weighted by molar-refractivity contribution is 0.0913. The first-order valence-electron chi connectivity index (χ1n) is 6.76. The Morgan fingerprint density at radius 3 is 2.85 bits per heavy atom. The van der Waals surface area contributed by atoms with Crippen LogP contribution in [0.15, 0.2) is 18.2 Å². The van der Waals surface area contributed by atoms with Gasteiger partial charge in [0.2, 0.25) is 0 Å². The van der Waals surface area contributed by atoms with Crippen molar-refractivity contribution in [3.05, 3.63) is 35.1 Å². The van der Waals surface area contributed by atoms with Crippen molar-refractivity contribution in [3.8, 4) is 6.07 Å². The molecule has 5 heteroatoms. The largest absolute Gasteiger partial charge is 0.349 e. The van der Waals surface area contributed by atoms with E-state index in [4.69, 9.17) is 5.26 Å². The molecule has 2 rings (SSSR count). The summed E-state index contributed by atoms with van der Waals surface area (Å²) in [5.41, 5.74) is 1.16. The molecule has 1 aliphatic heterocycles. The highest BCUT2D eigenvalue weighted by molar-refractivity contribution is 5.95. The number of carbonyl (C=O) groups is 1. The van der Waals surface area contributed by atoms with Gasteiger partial charge >= 0.3 is 0 Å². The van der Waals surface area contributed by atoms with Gasteiger partial charge in [0, 0.05) is 24.7 Å². The maximum atomic E-state index is 13.2. The summed E-state index contributed by atoms with van der Waals surface area (Å²) < 4.78 is 13.2. The molecule has 0 unspecified atom stereocenters. The molecule has 1 N–H and O–H groups in total. The van der Waals surface area contributed by atoms with Gasteiger partial charge in [0.25, 0.3) is 5.91 Å². The summed E-state index contributed by atoms with van der Waals surface area (Å²) in [4.78, 5) is 14.2. The van der Waals surface area contributed by atoms with Crippen LogP contribution in [0.1, 0.15) is 28.8 Å². The van der Waals surface area contributed by atoms with Crippen molar-refractivity contribution in [2.75, 3.05) is 19.6 Å². The third kappa shape index (κ3) is 3.55. The van der Waals surface area contributed by atoms with Crippen LogP contribution in [0.4, 0.5) is 4.39 Å². The quantitative estimate of drug-likeness (QED) is 0.857. The summed E-state index contributed by atoms with van der Waals surface area (Å²) in [5.74, 6) is -0.620. The number of rotatable bonds is 3. The van der Waals surface area contributed by atoms with Crippen molar-refractivity contribution in [3.63, 3.8) is 0 Å². The van der Waals surface area contributed by atoms with E-state index in [1.165, 1.54) is 12.1 Å². The molecule has 1 amide bonds. The second-order valence-electron chi connectivity index (χ2n) is 5.14. The van der Waals surface area contributed by atoms with Crippen LogP contribution in [-0.4, -0.2) is 36.5 Å². The average Bonchev–Trinajstić information content (AvgIpc) is 2.44. The molecule has 4 nitrogen and oxygen atoms in total. The van der Waals surface area contributed by atoms with Crippen molar-refractivity contribution >= 4 is 5.91 Å². The molecule has 1 aliphatic rings. The number of piperidine rings is 1. The zero-order valence-electron chi connectivity index (χ0n) is 11.5. The Balaban J connectivity index is 1.93. The van der Waals surface area contributed by atoms with Crippen LogP contribution in [0, 0.1) is 24.1 Å². The fourth-order valence-corrected chi connectivity index (χ4v) is 2.44. The predicted molar refractivity (Wildman–Crippen MR) is 73.7 cm³/mol. The Morgan fingerprint density at radius 2 is 2.20 bits per heavy atom. The van der Waals surface area contributed by atoms with Gasteiger partial charge in [-0.15, -0.1) is 0 Å². The number of carbonyl (C=O) groups excluding carboxylic acids is 1. The van der Waals surface area contributed by atoms with Crippen molar-refractivity contribution in [1.82, 2.24) is 10.2 Å². The minimum atomic E-state index is -0.399. The SMILES string of the molecule is Cc1ccc(F)cc1C(=O)NC1CCN(CC#N)CC1. The molecule has 20 heavy (non-hydrogen) atoms. The van der Waals surface area contributed by atoms with Gasteiger partial charge in [0.1, 0.15) is 5.82 Å². The molecule has 1 fully saturated rings. The first-order valence-corrected chi connectivity index (χ1v) is 6.76. The Labute approximate surface area is 118 Å². The number of halogens is 1. The monoisotopic (exact) mass is 275 g/mol. The van der Waals surface area contributed by atoms with Crippen LogP contribution >= 0.6 is 0 Å². The fraction of sp³-hybridized carbons (Fsp3) is 0.467. The average molecular weight is 275 g/mol. The molecule has 0 spiro atoms. The molecule has 1 aromatic carbocycles. The third-order valence-corrected chi connectivity index (χ3v) is 3.66. The predicted octanol–water partition coefficient (Wildman–Crippen LogP) is 1.85. The van der Waals surface area contributed by atoms with E-state index < -0.39 is 5.82 Å². The second-order valence-corrected chi connectivity index (χ2v) is 5.14. The number of amides is 1. The van der Waals surface area contributed by atoms with Crippen LogP contribution in [0.25, 0.3) is 0 Å². The molecule has 1 aromatic rings. The Bertz CT molecular complexity index is 530. The van der Waals surface area contributed by atoms with E-state index >= 15 is 0 Å². The van der Waals surface area contributed by atoms with Gasteiger partial charge in [-0.3, -0.25) is 9.69 Å². The maximum Gasteiger partial charge on any atom is 0.251 e. The lowest BCUT2D eigenvalue weighted by Gasteiger charge is -2.30.